The highest BCUT2D eigenvalue weighted by molar-refractivity contribution is 5.68. The third kappa shape index (κ3) is 5.42. The van der Waals surface area contributed by atoms with Gasteiger partial charge in [-0.3, -0.25) is 0 Å². The monoisotopic (exact) mass is 293 g/mol. The van der Waals surface area contributed by atoms with E-state index in [4.69, 9.17) is 4.74 Å². The molecule has 118 valence electrons. The summed E-state index contributed by atoms with van der Waals surface area (Å²) in [7, 11) is 0. The molecule has 1 unspecified atom stereocenters. The summed E-state index contributed by atoms with van der Waals surface area (Å²) >= 11 is 0. The Hall–Kier alpha value is -1.49. The molecule has 2 rings (SSSR count). The van der Waals surface area contributed by atoms with E-state index in [0.717, 1.165) is 39.0 Å². The van der Waals surface area contributed by atoms with Gasteiger partial charge in [0.25, 0.3) is 0 Å². The summed E-state index contributed by atoms with van der Waals surface area (Å²) in [5.41, 5.74) is 0.795. The fourth-order valence-corrected chi connectivity index (χ4v) is 2.57. The predicted molar refractivity (Wildman–Crippen MR) is 83.0 cm³/mol. The van der Waals surface area contributed by atoms with Gasteiger partial charge >= 0.3 is 6.09 Å². The Morgan fingerprint density at radius 1 is 1.52 bits per heavy atom. The number of hydrogen-bond acceptors (Lipinski definition) is 3. The highest BCUT2D eigenvalue weighted by atomic mass is 16.6. The van der Waals surface area contributed by atoms with Gasteiger partial charge in [0.15, 0.2) is 0 Å². The third-order valence-corrected chi connectivity index (χ3v) is 3.64. The molecule has 1 aliphatic heterocycles. The number of nitrogens with zero attached hydrogens (tertiary/aromatic N) is 1. The maximum Gasteiger partial charge on any atom is 0.410 e. The number of rotatable bonds is 5. The van der Waals surface area contributed by atoms with Crippen LogP contribution in [0.25, 0.3) is 0 Å². The van der Waals surface area contributed by atoms with Crippen LogP contribution in [0.1, 0.15) is 39.3 Å². The highest BCUT2D eigenvalue weighted by Gasteiger charge is 2.29. The molecular formula is C16H27N3O2. The van der Waals surface area contributed by atoms with Gasteiger partial charge in [-0.2, -0.15) is 0 Å². The van der Waals surface area contributed by atoms with Gasteiger partial charge in [-0.25, -0.2) is 4.79 Å². The molecule has 1 aromatic rings. The van der Waals surface area contributed by atoms with Crippen LogP contribution in [-0.4, -0.2) is 41.2 Å². The molecule has 0 aromatic carbocycles. The van der Waals surface area contributed by atoms with Crippen molar-refractivity contribution in [3.63, 3.8) is 0 Å². The van der Waals surface area contributed by atoms with Crippen LogP contribution in [-0.2, 0) is 11.3 Å². The van der Waals surface area contributed by atoms with Crippen LogP contribution in [0.4, 0.5) is 4.79 Å². The second kappa shape index (κ2) is 6.98. The SMILES string of the molecule is CC(C)(C)OC(=O)N1CCC(CCNCc2ccc[nH]2)C1. The maximum atomic E-state index is 12.0. The van der Waals surface area contributed by atoms with Crippen molar-refractivity contribution < 1.29 is 9.53 Å². The first-order chi connectivity index (χ1) is 9.94. The Balaban J connectivity index is 1.62. The van der Waals surface area contributed by atoms with Crippen molar-refractivity contribution in [2.45, 2.75) is 45.8 Å². The van der Waals surface area contributed by atoms with Crippen molar-refractivity contribution in [3.05, 3.63) is 24.0 Å². The van der Waals surface area contributed by atoms with Crippen LogP contribution in [0, 0.1) is 5.92 Å². The third-order valence-electron chi connectivity index (χ3n) is 3.64. The van der Waals surface area contributed by atoms with Gasteiger partial charge in [-0.15, -0.1) is 0 Å². The molecule has 2 heterocycles. The molecule has 1 aromatic heterocycles. The summed E-state index contributed by atoms with van der Waals surface area (Å²) in [4.78, 5) is 17.0. The number of aromatic nitrogens is 1. The molecule has 1 atom stereocenters. The fourth-order valence-electron chi connectivity index (χ4n) is 2.57. The quantitative estimate of drug-likeness (QED) is 0.821. The zero-order chi connectivity index (χ0) is 15.3. The van der Waals surface area contributed by atoms with E-state index in [1.807, 2.05) is 37.9 Å². The molecule has 5 heteroatoms. The Bertz CT molecular complexity index is 437. The maximum absolute atomic E-state index is 12.0. The van der Waals surface area contributed by atoms with E-state index in [2.05, 4.69) is 16.4 Å². The molecule has 1 aliphatic rings. The second-order valence-electron chi connectivity index (χ2n) is 6.74. The minimum atomic E-state index is -0.410. The summed E-state index contributed by atoms with van der Waals surface area (Å²) in [6.07, 6.45) is 3.93. The number of likely N-dealkylation sites (tertiary alicyclic amines) is 1. The van der Waals surface area contributed by atoms with Crippen LogP contribution in [0.5, 0.6) is 0 Å². The average molecular weight is 293 g/mol. The van der Waals surface area contributed by atoms with Crippen LogP contribution < -0.4 is 5.32 Å². The van der Waals surface area contributed by atoms with Crippen molar-refractivity contribution in [3.8, 4) is 0 Å². The largest absolute Gasteiger partial charge is 0.444 e. The smallest absolute Gasteiger partial charge is 0.410 e. The van der Waals surface area contributed by atoms with Gasteiger partial charge in [0, 0.05) is 31.5 Å². The van der Waals surface area contributed by atoms with E-state index in [1.54, 1.807) is 0 Å². The first-order valence-electron chi connectivity index (χ1n) is 7.75. The fraction of sp³-hybridized carbons (Fsp3) is 0.688. The van der Waals surface area contributed by atoms with E-state index in [1.165, 1.54) is 5.69 Å². The normalized spacial score (nSPS) is 19.0. The van der Waals surface area contributed by atoms with Gasteiger partial charge in [-0.05, 0) is 58.2 Å². The van der Waals surface area contributed by atoms with Gasteiger partial charge < -0.3 is 19.9 Å². The predicted octanol–water partition coefficient (Wildman–Crippen LogP) is 2.75. The molecule has 0 radical (unpaired) electrons. The molecule has 0 bridgehead atoms. The molecular weight excluding hydrogens is 266 g/mol. The molecule has 1 fully saturated rings. The summed E-state index contributed by atoms with van der Waals surface area (Å²) in [6.45, 7) is 9.20. The van der Waals surface area contributed by atoms with Gasteiger partial charge in [0.2, 0.25) is 0 Å². The number of aromatic amines is 1. The number of ether oxygens (including phenoxy) is 1. The molecule has 2 N–H and O–H groups in total. The zero-order valence-corrected chi connectivity index (χ0v) is 13.3. The van der Waals surface area contributed by atoms with Crippen molar-refractivity contribution in [1.82, 2.24) is 15.2 Å². The lowest BCUT2D eigenvalue weighted by Crippen LogP contribution is -2.35. The highest BCUT2D eigenvalue weighted by Crippen LogP contribution is 2.21. The van der Waals surface area contributed by atoms with Gasteiger partial charge in [0.1, 0.15) is 5.60 Å². The topological polar surface area (TPSA) is 57.4 Å². The van der Waals surface area contributed by atoms with Gasteiger partial charge in [-0.1, -0.05) is 0 Å². The number of carbonyl (C=O) groups is 1. The number of nitrogens with one attached hydrogen (secondary N) is 2. The van der Waals surface area contributed by atoms with E-state index in [9.17, 15) is 4.79 Å². The number of amides is 1. The molecule has 1 saturated heterocycles. The van der Waals surface area contributed by atoms with Crippen LogP contribution in [0.3, 0.4) is 0 Å². The summed E-state index contributed by atoms with van der Waals surface area (Å²) < 4.78 is 5.41. The van der Waals surface area contributed by atoms with Crippen LogP contribution in [0.15, 0.2) is 18.3 Å². The minimum Gasteiger partial charge on any atom is -0.444 e. The van der Waals surface area contributed by atoms with Crippen molar-refractivity contribution in [2.75, 3.05) is 19.6 Å². The summed E-state index contributed by atoms with van der Waals surface area (Å²) in [5, 5.41) is 3.43. The zero-order valence-electron chi connectivity index (χ0n) is 13.3. The minimum absolute atomic E-state index is 0.177. The Morgan fingerprint density at radius 3 is 3.00 bits per heavy atom. The summed E-state index contributed by atoms with van der Waals surface area (Å²) in [5.74, 6) is 0.577. The van der Waals surface area contributed by atoms with Gasteiger partial charge in [0.05, 0.1) is 0 Å². The Labute approximate surface area is 127 Å². The van der Waals surface area contributed by atoms with Crippen molar-refractivity contribution >= 4 is 6.09 Å². The molecule has 0 aliphatic carbocycles. The number of carbonyl (C=O) groups excluding carboxylic acids is 1. The molecule has 5 nitrogen and oxygen atoms in total. The standard InChI is InChI=1S/C16H27N3O2/c1-16(2,3)21-15(20)19-10-7-13(12-19)6-9-17-11-14-5-4-8-18-14/h4-5,8,13,17-18H,6-7,9-12H2,1-3H3. The van der Waals surface area contributed by atoms with Crippen molar-refractivity contribution in [2.24, 2.45) is 5.92 Å². The molecule has 0 spiro atoms. The lowest BCUT2D eigenvalue weighted by molar-refractivity contribution is 0.0287. The van der Waals surface area contributed by atoms with Crippen LogP contribution in [0.2, 0.25) is 0 Å². The van der Waals surface area contributed by atoms with E-state index >= 15 is 0 Å². The first-order valence-corrected chi connectivity index (χ1v) is 7.75. The average Bonchev–Trinajstić information content (AvgIpc) is 3.04. The molecule has 1 amide bonds. The molecule has 21 heavy (non-hydrogen) atoms. The molecule has 0 saturated carbocycles. The first kappa shape index (κ1) is 15.9. The lowest BCUT2D eigenvalue weighted by atomic mass is 10.1. The van der Waals surface area contributed by atoms with E-state index in [0.29, 0.717) is 5.92 Å². The number of H-pyrrole nitrogens is 1. The van der Waals surface area contributed by atoms with Crippen molar-refractivity contribution in [1.29, 1.82) is 0 Å². The lowest BCUT2D eigenvalue weighted by Gasteiger charge is -2.24. The second-order valence-corrected chi connectivity index (χ2v) is 6.74. The van der Waals surface area contributed by atoms with E-state index < -0.39 is 5.60 Å². The van der Waals surface area contributed by atoms with E-state index in [-0.39, 0.29) is 6.09 Å². The number of hydrogen-bond donors (Lipinski definition) is 2. The Kier molecular flexibility index (Phi) is 5.28. The summed E-state index contributed by atoms with van der Waals surface area (Å²) in [6, 6.07) is 4.08. The Morgan fingerprint density at radius 2 is 2.33 bits per heavy atom. The van der Waals surface area contributed by atoms with Crippen LogP contribution >= 0.6 is 0 Å².